The summed E-state index contributed by atoms with van der Waals surface area (Å²) >= 11 is 0. The zero-order valence-electron chi connectivity index (χ0n) is 27.6. The number of nitrogens with zero attached hydrogens (tertiary/aromatic N) is 2. The first kappa shape index (κ1) is 28.0. The summed E-state index contributed by atoms with van der Waals surface area (Å²) in [6, 6.07) is 65.5. The molecule has 3 nitrogen and oxygen atoms in total. The second-order valence-corrected chi connectivity index (χ2v) is 13.3. The van der Waals surface area contributed by atoms with Gasteiger partial charge in [0.25, 0.3) is 0 Å². The minimum atomic E-state index is 0.902. The van der Waals surface area contributed by atoms with E-state index in [0.29, 0.717) is 0 Å². The summed E-state index contributed by atoms with van der Waals surface area (Å²) in [4.78, 5) is 0. The van der Waals surface area contributed by atoms with E-state index in [4.69, 9.17) is 4.42 Å². The summed E-state index contributed by atoms with van der Waals surface area (Å²) in [5.41, 5.74) is 13.6. The zero-order chi connectivity index (χ0) is 33.5. The number of aromatic nitrogens is 2. The second kappa shape index (κ2) is 10.8. The maximum absolute atomic E-state index is 6.22. The Kier molecular flexibility index (Phi) is 5.96. The molecule has 0 fully saturated rings. The smallest absolute Gasteiger partial charge is 0.135 e. The molecule has 238 valence electrons. The van der Waals surface area contributed by atoms with Crippen LogP contribution in [0.1, 0.15) is 0 Å². The minimum absolute atomic E-state index is 0.902. The molecule has 0 atom stereocenters. The van der Waals surface area contributed by atoms with Crippen LogP contribution in [0.5, 0.6) is 0 Å². The third kappa shape index (κ3) is 4.12. The molecule has 0 amide bonds. The normalized spacial score (nSPS) is 11.9. The van der Waals surface area contributed by atoms with Crippen LogP contribution in [0.4, 0.5) is 0 Å². The highest BCUT2D eigenvalue weighted by molar-refractivity contribution is 6.24. The Morgan fingerprint density at radius 3 is 1.65 bits per heavy atom. The van der Waals surface area contributed by atoms with E-state index in [0.717, 1.165) is 38.9 Å². The van der Waals surface area contributed by atoms with Crippen LogP contribution in [0.3, 0.4) is 0 Å². The van der Waals surface area contributed by atoms with Crippen molar-refractivity contribution in [2.24, 2.45) is 0 Å². The van der Waals surface area contributed by atoms with Gasteiger partial charge >= 0.3 is 0 Å². The number of para-hydroxylation sites is 4. The first-order valence-electron chi connectivity index (χ1n) is 17.4. The SMILES string of the molecule is c1ccc(-c2ccc(-n3c4ccccc4c4ccc5c6ccccc6n(-c6ccccc6-c6ccc7oc8ccccc8c7c6)c5c43)cc2)cc1. The lowest BCUT2D eigenvalue weighted by molar-refractivity contribution is 0.669. The third-order valence-electron chi connectivity index (χ3n) is 10.5. The van der Waals surface area contributed by atoms with Gasteiger partial charge in [-0.15, -0.1) is 0 Å². The van der Waals surface area contributed by atoms with Gasteiger partial charge in [0.1, 0.15) is 11.2 Å². The highest BCUT2D eigenvalue weighted by Gasteiger charge is 2.22. The van der Waals surface area contributed by atoms with Crippen molar-refractivity contribution in [1.29, 1.82) is 0 Å². The molecule has 0 aliphatic heterocycles. The van der Waals surface area contributed by atoms with Crippen LogP contribution in [-0.4, -0.2) is 9.13 Å². The van der Waals surface area contributed by atoms with Crippen molar-refractivity contribution in [2.45, 2.75) is 0 Å². The van der Waals surface area contributed by atoms with Crippen LogP contribution in [0, 0.1) is 0 Å². The summed E-state index contributed by atoms with van der Waals surface area (Å²) in [6.07, 6.45) is 0. The largest absolute Gasteiger partial charge is 0.456 e. The molecular weight excluding hydrogens is 621 g/mol. The highest BCUT2D eigenvalue weighted by Crippen LogP contribution is 2.43. The Morgan fingerprint density at radius 2 is 0.882 bits per heavy atom. The Morgan fingerprint density at radius 1 is 0.333 bits per heavy atom. The second-order valence-electron chi connectivity index (χ2n) is 13.3. The summed E-state index contributed by atoms with van der Waals surface area (Å²) in [6.45, 7) is 0. The average Bonchev–Trinajstić information content (AvgIpc) is 3.86. The molecule has 11 aromatic rings. The number of rotatable bonds is 4. The van der Waals surface area contributed by atoms with Crippen molar-refractivity contribution >= 4 is 65.6 Å². The molecule has 3 aromatic heterocycles. The number of hydrogen-bond acceptors (Lipinski definition) is 1. The lowest BCUT2D eigenvalue weighted by Gasteiger charge is -2.16. The Balaban J connectivity index is 1.23. The maximum atomic E-state index is 6.22. The molecule has 51 heavy (non-hydrogen) atoms. The molecule has 0 saturated heterocycles. The molecule has 0 N–H and O–H groups in total. The van der Waals surface area contributed by atoms with Gasteiger partial charge in [-0.2, -0.15) is 0 Å². The molecule has 0 aliphatic carbocycles. The quantitative estimate of drug-likeness (QED) is 0.186. The van der Waals surface area contributed by atoms with Gasteiger partial charge in [0, 0.05) is 43.6 Å². The van der Waals surface area contributed by atoms with Crippen molar-refractivity contribution < 1.29 is 4.42 Å². The van der Waals surface area contributed by atoms with Gasteiger partial charge in [-0.3, -0.25) is 0 Å². The van der Waals surface area contributed by atoms with E-state index >= 15 is 0 Å². The molecule has 0 aliphatic rings. The Labute approximate surface area is 293 Å². The van der Waals surface area contributed by atoms with Crippen molar-refractivity contribution in [2.75, 3.05) is 0 Å². The maximum Gasteiger partial charge on any atom is 0.135 e. The van der Waals surface area contributed by atoms with E-state index in [1.807, 2.05) is 12.1 Å². The van der Waals surface area contributed by atoms with E-state index in [9.17, 15) is 0 Å². The third-order valence-corrected chi connectivity index (χ3v) is 10.5. The molecular formula is C48H30N2O. The highest BCUT2D eigenvalue weighted by atomic mass is 16.3. The standard InChI is InChI=1S/C48H30N2O/c1-2-12-31(13-3-1)32-22-25-34(26-23-32)49-43-19-9-5-15-36(43)39-27-28-40-37-16-6-10-20-44(37)50(48(40)47(39)49)42-18-8-4-14-35(42)33-24-29-46-41(30-33)38-17-7-11-21-45(38)51-46/h1-30H. The van der Waals surface area contributed by atoms with Gasteiger partial charge < -0.3 is 13.6 Å². The molecule has 0 spiro atoms. The van der Waals surface area contributed by atoms with Gasteiger partial charge in [0.05, 0.1) is 27.8 Å². The van der Waals surface area contributed by atoms with E-state index < -0.39 is 0 Å². The van der Waals surface area contributed by atoms with Crippen molar-refractivity contribution in [1.82, 2.24) is 9.13 Å². The van der Waals surface area contributed by atoms with Crippen LogP contribution < -0.4 is 0 Å². The van der Waals surface area contributed by atoms with Crippen molar-refractivity contribution in [3.05, 3.63) is 182 Å². The fourth-order valence-electron chi connectivity index (χ4n) is 8.26. The van der Waals surface area contributed by atoms with Gasteiger partial charge in [0.2, 0.25) is 0 Å². The summed E-state index contributed by atoms with van der Waals surface area (Å²) in [7, 11) is 0. The Bertz CT molecular complexity index is 3120. The summed E-state index contributed by atoms with van der Waals surface area (Å²) in [5, 5.41) is 7.20. The van der Waals surface area contributed by atoms with Crippen LogP contribution >= 0.6 is 0 Å². The van der Waals surface area contributed by atoms with E-state index in [-0.39, 0.29) is 0 Å². The number of fused-ring (bicyclic) bond motifs is 10. The number of hydrogen-bond donors (Lipinski definition) is 0. The predicted octanol–water partition coefficient (Wildman–Crippen LogP) is 13.1. The van der Waals surface area contributed by atoms with Gasteiger partial charge in [-0.1, -0.05) is 133 Å². The van der Waals surface area contributed by atoms with Gasteiger partial charge in [-0.25, -0.2) is 0 Å². The summed E-state index contributed by atoms with van der Waals surface area (Å²) < 4.78 is 11.2. The average molecular weight is 651 g/mol. The number of benzene rings is 8. The molecule has 0 bridgehead atoms. The molecule has 3 heterocycles. The first-order valence-corrected chi connectivity index (χ1v) is 17.4. The van der Waals surface area contributed by atoms with Crippen molar-refractivity contribution in [3.8, 4) is 33.6 Å². The summed E-state index contributed by atoms with van der Waals surface area (Å²) in [5.74, 6) is 0. The van der Waals surface area contributed by atoms with Gasteiger partial charge in [0.15, 0.2) is 0 Å². The zero-order valence-corrected chi connectivity index (χ0v) is 27.6. The monoisotopic (exact) mass is 650 g/mol. The molecule has 3 heteroatoms. The fourth-order valence-corrected chi connectivity index (χ4v) is 8.26. The minimum Gasteiger partial charge on any atom is -0.456 e. The molecule has 11 rings (SSSR count). The lowest BCUT2D eigenvalue weighted by Crippen LogP contribution is -2.00. The fraction of sp³-hybridized carbons (Fsp3) is 0. The lowest BCUT2D eigenvalue weighted by atomic mass is 10.0. The van der Waals surface area contributed by atoms with E-state index in [2.05, 4.69) is 179 Å². The molecule has 8 aromatic carbocycles. The van der Waals surface area contributed by atoms with Crippen LogP contribution in [-0.2, 0) is 0 Å². The van der Waals surface area contributed by atoms with E-state index in [1.54, 1.807) is 0 Å². The molecule has 0 saturated carbocycles. The predicted molar refractivity (Wildman–Crippen MR) is 213 cm³/mol. The van der Waals surface area contributed by atoms with Crippen LogP contribution in [0.2, 0.25) is 0 Å². The topological polar surface area (TPSA) is 23.0 Å². The van der Waals surface area contributed by atoms with Crippen LogP contribution in [0.25, 0.3) is 99.2 Å². The first-order chi connectivity index (χ1) is 25.3. The molecule has 0 radical (unpaired) electrons. The molecule has 0 unspecified atom stereocenters. The van der Waals surface area contributed by atoms with Gasteiger partial charge in [-0.05, 0) is 65.2 Å². The van der Waals surface area contributed by atoms with Crippen molar-refractivity contribution in [3.63, 3.8) is 0 Å². The number of furan rings is 1. The van der Waals surface area contributed by atoms with E-state index in [1.165, 1.54) is 60.3 Å². The Hall–Kier alpha value is -6.84. The van der Waals surface area contributed by atoms with Crippen LogP contribution in [0.15, 0.2) is 186 Å².